The summed E-state index contributed by atoms with van der Waals surface area (Å²) in [6, 6.07) is 34.4. The molecule has 24 atom stereocenters. The summed E-state index contributed by atoms with van der Waals surface area (Å²) in [6.07, 6.45) is -5.36. The van der Waals surface area contributed by atoms with E-state index in [1.54, 1.807) is 204 Å². The monoisotopic (exact) mass is 2150 g/mol. The fraction of sp³-hybridized carbons (Fsp3) is 0.522. The third-order valence-electron chi connectivity index (χ3n) is 24.5. The number of aliphatic hydroxyl groups excluding tert-OH is 4. The molecule has 4 aromatic heterocycles. The van der Waals surface area contributed by atoms with Crippen LogP contribution in [0.1, 0.15) is 136 Å². The average Bonchev–Trinajstić information content (AvgIpc) is 1.56. The number of aromatic nitrogens is 8. The van der Waals surface area contributed by atoms with Gasteiger partial charge in [0.2, 0.25) is 0 Å². The van der Waals surface area contributed by atoms with Crippen molar-refractivity contribution in [2.75, 3.05) is 75.8 Å². The van der Waals surface area contributed by atoms with Crippen molar-refractivity contribution in [2.45, 2.75) is 253 Å². The lowest BCUT2D eigenvalue weighted by molar-refractivity contribution is -0.211. The predicted molar refractivity (Wildman–Crippen MR) is 522 cm³/mol. The number of hydrogen-bond donors (Lipinski definition) is 12. The summed E-state index contributed by atoms with van der Waals surface area (Å²) >= 11 is 0. The Labute approximate surface area is 848 Å². The highest BCUT2D eigenvalue weighted by molar-refractivity contribution is 7.53. The number of nitrogens with two attached hydrogens (primary N) is 4. The Bertz CT molecular complexity index is 5730. The lowest BCUT2D eigenvalue weighted by Gasteiger charge is -2.34. The summed E-state index contributed by atoms with van der Waals surface area (Å²) in [5, 5.41) is 55.0. The van der Waals surface area contributed by atoms with Crippen molar-refractivity contribution >= 4 is 78.1 Å². The number of carbonyl (C=O) groups is 4. The van der Waals surface area contributed by atoms with E-state index in [-0.39, 0.29) is 97.1 Å². The van der Waals surface area contributed by atoms with Gasteiger partial charge >= 0.3 is 77.6 Å². The molecular formula is C92H124N16O36P4. The van der Waals surface area contributed by atoms with Gasteiger partial charge in [-0.3, -0.25) is 55.5 Å². The first-order chi connectivity index (χ1) is 69.5. The highest BCUT2D eigenvalue weighted by atomic mass is 31.2. The van der Waals surface area contributed by atoms with E-state index in [0.29, 0.717) is 0 Å². The minimum atomic E-state index is -4.24. The number of hydrogen-bond acceptors (Lipinski definition) is 44. The maximum absolute atomic E-state index is 13.8. The molecule has 8 bridgehead atoms. The van der Waals surface area contributed by atoms with E-state index in [1.165, 1.54) is 76.7 Å². The molecule has 148 heavy (non-hydrogen) atoms. The molecule has 8 aliphatic rings. The number of esters is 4. The Morgan fingerprint density at radius 3 is 0.669 bits per heavy atom. The first kappa shape index (κ1) is 114. The van der Waals surface area contributed by atoms with Crippen molar-refractivity contribution < 1.29 is 151 Å². The van der Waals surface area contributed by atoms with Crippen molar-refractivity contribution in [1.29, 1.82) is 0 Å². The van der Waals surface area contributed by atoms with Gasteiger partial charge in [-0.25, -0.2) is 37.4 Å². The van der Waals surface area contributed by atoms with E-state index in [0.717, 1.165) is 18.3 Å². The van der Waals surface area contributed by atoms with Gasteiger partial charge in [-0.2, -0.15) is 40.3 Å². The Morgan fingerprint density at radius 2 is 0.507 bits per heavy atom. The highest BCUT2D eigenvalue weighted by Crippen LogP contribution is 2.60. The van der Waals surface area contributed by atoms with Crippen LogP contribution < -0.4 is 84.1 Å². The van der Waals surface area contributed by atoms with E-state index < -0.39 is 222 Å². The maximum Gasteiger partial charge on any atom is 0.459 e. The molecule has 8 aromatic rings. The Kier molecular flexibility index (Phi) is 35.1. The van der Waals surface area contributed by atoms with Gasteiger partial charge in [0.1, 0.15) is 140 Å². The van der Waals surface area contributed by atoms with Gasteiger partial charge in [0, 0.05) is 24.8 Å². The van der Waals surface area contributed by atoms with Gasteiger partial charge in [-0.15, -0.1) is 0 Å². The molecule has 0 amide bonds. The van der Waals surface area contributed by atoms with Crippen LogP contribution in [-0.2, 0) is 112 Å². The summed E-state index contributed by atoms with van der Waals surface area (Å²) in [5.74, 6) is -1.61. The van der Waals surface area contributed by atoms with Crippen LogP contribution in [0.25, 0.3) is 0 Å². The smallest absolute Gasteiger partial charge is 0.459 e. The molecule has 16 rings (SSSR count). The summed E-state index contributed by atoms with van der Waals surface area (Å²) in [7, 11) is -16.9. The second-order valence-corrected chi connectivity index (χ2v) is 44.6. The van der Waals surface area contributed by atoms with Crippen molar-refractivity contribution in [2.24, 2.45) is 0 Å². The van der Waals surface area contributed by atoms with Crippen LogP contribution in [-0.4, -0.2) is 253 Å². The fourth-order valence-electron chi connectivity index (χ4n) is 16.9. The van der Waals surface area contributed by atoms with Gasteiger partial charge in [-0.05, 0) is 184 Å². The molecule has 8 aliphatic heterocycles. The normalized spacial score (nSPS) is 29.1. The summed E-state index contributed by atoms with van der Waals surface area (Å²) < 4.78 is 174. The standard InChI is InChI=1S/4C23H31N4O9P/c4*1-14(2)34-18(28)15(3)26-37(31,36-16-8-6-5-7-9-16)33-13-23-12-32-22(4,19(23)29)20(35-23)27-11-10-17(24)25-21(27)30/h4*5-11,14-15,19-20,29H,12-13H2,1-4H3,(H,26,31)(H2,24,25,30)/t15-,19+,20-,22-,23-,37?;15-,19+,20-,22-,23-,37+;15-,19+,20-,22-,23-,37-;15-,19-,20+,22+,23+,37?/m1110/s1. The van der Waals surface area contributed by atoms with Gasteiger partial charge in [-0.1, -0.05) is 72.8 Å². The van der Waals surface area contributed by atoms with Crippen molar-refractivity contribution in [3.63, 3.8) is 0 Å². The number of carbonyl (C=O) groups excluding carboxylic acids is 4. The van der Waals surface area contributed by atoms with E-state index in [1.807, 2.05) is 0 Å². The number of para-hydroxylation sites is 4. The zero-order valence-corrected chi connectivity index (χ0v) is 87.2. The molecule has 2 unspecified atom stereocenters. The number of nitrogens with one attached hydrogen (secondary N) is 4. The number of ether oxygens (including phenoxy) is 12. The molecule has 12 heterocycles. The zero-order chi connectivity index (χ0) is 108. The number of aliphatic hydroxyl groups is 4. The van der Waals surface area contributed by atoms with E-state index in [4.69, 9.17) is 116 Å². The third-order valence-corrected chi connectivity index (χ3v) is 31.0. The molecule has 0 spiro atoms. The third kappa shape index (κ3) is 25.3. The lowest BCUT2D eigenvalue weighted by Crippen LogP contribution is -2.46. The predicted octanol–water partition coefficient (Wildman–Crippen LogP) is 5.51. The van der Waals surface area contributed by atoms with Crippen molar-refractivity contribution in [3.05, 3.63) is 212 Å². The molecule has 8 saturated heterocycles. The Hall–Kier alpha value is -11.2. The number of nitrogens with zero attached hydrogens (tertiary/aromatic N) is 8. The van der Waals surface area contributed by atoms with Gasteiger partial charge in [0.25, 0.3) is 0 Å². The molecule has 16 N–H and O–H groups in total. The largest absolute Gasteiger partial charge is 0.462 e. The maximum atomic E-state index is 13.8. The molecule has 0 aliphatic carbocycles. The molecule has 808 valence electrons. The van der Waals surface area contributed by atoms with E-state index in [9.17, 15) is 77.0 Å². The van der Waals surface area contributed by atoms with Crippen LogP contribution in [0.2, 0.25) is 0 Å². The van der Waals surface area contributed by atoms with Crippen LogP contribution in [0.3, 0.4) is 0 Å². The number of fused-ring (bicyclic) bond motifs is 8. The lowest BCUT2D eigenvalue weighted by atomic mass is 9.92. The van der Waals surface area contributed by atoms with Crippen LogP contribution in [0.5, 0.6) is 23.0 Å². The van der Waals surface area contributed by atoms with E-state index in [2.05, 4.69) is 40.3 Å². The molecule has 52 nitrogen and oxygen atoms in total. The van der Waals surface area contributed by atoms with Gasteiger partial charge < -0.3 is 118 Å². The highest BCUT2D eigenvalue weighted by Gasteiger charge is 2.74. The second kappa shape index (κ2) is 45.5. The first-order valence-electron chi connectivity index (χ1n) is 46.8. The molecular weight excluding hydrogens is 2030 g/mol. The van der Waals surface area contributed by atoms with Crippen LogP contribution in [0.15, 0.2) is 190 Å². The Morgan fingerprint density at radius 1 is 0.331 bits per heavy atom. The van der Waals surface area contributed by atoms with Crippen LogP contribution in [0, 0.1) is 0 Å². The van der Waals surface area contributed by atoms with Crippen LogP contribution in [0.4, 0.5) is 23.3 Å². The summed E-state index contributed by atoms with van der Waals surface area (Å²) in [5.41, 5.74) is 8.22. The van der Waals surface area contributed by atoms with Gasteiger partial charge in [0.15, 0.2) is 24.9 Å². The average molecular weight is 2150 g/mol. The zero-order valence-electron chi connectivity index (χ0n) is 83.6. The molecule has 0 radical (unpaired) electrons. The first-order valence-corrected chi connectivity index (χ1v) is 52.9. The topological polar surface area (TPSA) is 694 Å². The van der Waals surface area contributed by atoms with Crippen molar-refractivity contribution in [3.8, 4) is 23.0 Å². The summed E-state index contributed by atoms with van der Waals surface area (Å²) in [6.45, 7) is 23.4. The Balaban J connectivity index is 0.000000165. The number of anilines is 4. The van der Waals surface area contributed by atoms with Crippen molar-refractivity contribution in [1.82, 2.24) is 58.6 Å². The number of rotatable bonds is 40. The number of nitrogen functional groups attached to an aromatic ring is 4. The molecule has 0 saturated carbocycles. The molecule has 56 heteroatoms. The molecule has 4 aromatic carbocycles. The van der Waals surface area contributed by atoms with Crippen LogP contribution >= 0.6 is 31.0 Å². The quantitative estimate of drug-likeness (QED) is 0.0128. The summed E-state index contributed by atoms with van der Waals surface area (Å²) in [4.78, 5) is 114. The van der Waals surface area contributed by atoms with E-state index >= 15 is 0 Å². The SMILES string of the molecule is CC(C)OC(=O)[C@@H](C)NP(=O)(OC[C@]12CO[C@](C)([C@@H]1O)[C@H](n1ccc(N)nc1=O)O2)Oc1ccccc1.CC(C)OC(=O)[C@@H](C)N[P@@](=O)(OC[C@]12CO[C@](C)([C@@H]1O)[C@H](n1ccc(N)nc1=O)O2)Oc1ccccc1.CC(C)OC(=O)[C@@H](C)N[P@](=O)(OC[C@]12CO[C@](C)([C@@H]1O)[C@H](n1ccc(N)nc1=O)O2)Oc1ccccc1.CC(C)OC(=O)[C@H](C)NP(=O)(OC[C@]12CO[C@](C)([C@@H]1O)[C@H](n1ccc(N)nc1=O)O2)Oc1ccccc1. The second-order valence-electron chi connectivity index (χ2n) is 37.9. The minimum absolute atomic E-state index is 0.0317. The van der Waals surface area contributed by atoms with Gasteiger partial charge in [0.05, 0.1) is 77.3 Å². The fourth-order valence-corrected chi connectivity index (χ4v) is 23.1. The number of benzene rings is 4. The minimum Gasteiger partial charge on any atom is -0.462 e. The molecule has 8 fully saturated rings.